The van der Waals surface area contributed by atoms with Crippen molar-refractivity contribution in [2.24, 2.45) is 0 Å². The molecule has 0 saturated carbocycles. The highest BCUT2D eigenvalue weighted by Crippen LogP contribution is 2.28. The fraction of sp³-hybridized carbons (Fsp3) is 0.421. The molecule has 0 radical (unpaired) electrons. The number of rotatable bonds is 6. The van der Waals surface area contributed by atoms with Crippen LogP contribution in [0.15, 0.2) is 42.7 Å². The Morgan fingerprint density at radius 2 is 2.21 bits per heavy atom. The summed E-state index contributed by atoms with van der Waals surface area (Å²) in [4.78, 5) is 0. The molecule has 4 nitrogen and oxygen atoms in total. The number of hydrogen-bond acceptors (Lipinski definition) is 3. The summed E-state index contributed by atoms with van der Waals surface area (Å²) in [5, 5.41) is 7.91. The van der Waals surface area contributed by atoms with E-state index < -0.39 is 0 Å². The molecule has 1 aromatic carbocycles. The number of nitrogens with zero attached hydrogens (tertiary/aromatic N) is 2. The molecule has 1 saturated heterocycles. The second-order valence-electron chi connectivity index (χ2n) is 6.03. The molecule has 128 valence electrons. The summed E-state index contributed by atoms with van der Waals surface area (Å²) in [6, 6.07) is 6.79. The van der Waals surface area contributed by atoms with Crippen molar-refractivity contribution < 1.29 is 9.13 Å². The minimum absolute atomic E-state index is 0.0540. The third kappa shape index (κ3) is 4.30. The molecule has 0 unspecified atom stereocenters. The minimum Gasteiger partial charge on any atom is -0.372 e. The lowest BCUT2D eigenvalue weighted by molar-refractivity contribution is -0.00970. The SMILES string of the molecule is CCn1cc([C@H]2OCCC[C@@H]2NC/C=C/c2ccc(F)cc2)cn1. The average molecular weight is 329 g/mol. The Hall–Kier alpha value is -1.98. The number of nitrogens with one attached hydrogen (secondary N) is 1. The minimum atomic E-state index is -0.208. The van der Waals surface area contributed by atoms with E-state index in [0.717, 1.165) is 43.7 Å². The van der Waals surface area contributed by atoms with Gasteiger partial charge >= 0.3 is 0 Å². The van der Waals surface area contributed by atoms with Crippen LogP contribution in [-0.2, 0) is 11.3 Å². The van der Waals surface area contributed by atoms with Gasteiger partial charge in [-0.1, -0.05) is 24.3 Å². The van der Waals surface area contributed by atoms with Crippen molar-refractivity contribution in [1.82, 2.24) is 15.1 Å². The first kappa shape index (κ1) is 16.9. The van der Waals surface area contributed by atoms with Crippen LogP contribution in [0.2, 0.25) is 0 Å². The van der Waals surface area contributed by atoms with Crippen LogP contribution in [0.1, 0.15) is 37.0 Å². The zero-order chi connectivity index (χ0) is 16.8. The van der Waals surface area contributed by atoms with Crippen molar-refractivity contribution in [3.63, 3.8) is 0 Å². The summed E-state index contributed by atoms with van der Waals surface area (Å²) in [5.74, 6) is -0.208. The zero-order valence-corrected chi connectivity index (χ0v) is 14.0. The van der Waals surface area contributed by atoms with Crippen molar-refractivity contribution in [2.45, 2.75) is 38.5 Å². The Balaban J connectivity index is 1.56. The van der Waals surface area contributed by atoms with Crippen LogP contribution in [0, 0.1) is 5.82 Å². The summed E-state index contributed by atoms with van der Waals surface area (Å²) >= 11 is 0. The smallest absolute Gasteiger partial charge is 0.123 e. The van der Waals surface area contributed by atoms with Crippen molar-refractivity contribution >= 4 is 6.08 Å². The molecular formula is C19H24FN3O. The highest BCUT2D eigenvalue weighted by molar-refractivity contribution is 5.48. The van der Waals surface area contributed by atoms with E-state index in [1.807, 2.05) is 17.0 Å². The van der Waals surface area contributed by atoms with Gasteiger partial charge in [-0.2, -0.15) is 5.10 Å². The monoisotopic (exact) mass is 329 g/mol. The van der Waals surface area contributed by atoms with E-state index in [1.165, 1.54) is 12.1 Å². The first-order chi connectivity index (χ1) is 11.8. The van der Waals surface area contributed by atoms with Crippen LogP contribution in [0.5, 0.6) is 0 Å². The standard InChI is InChI=1S/C19H24FN3O/c1-2-23-14-16(13-22-23)19-18(6-4-12-24-19)21-11-3-5-15-7-9-17(20)10-8-15/h3,5,7-10,13-14,18-19,21H,2,4,6,11-12H2,1H3/b5-3+/t18-,19+/m0/s1. The third-order valence-electron chi connectivity index (χ3n) is 4.31. The van der Waals surface area contributed by atoms with Crippen molar-refractivity contribution in [3.05, 3.63) is 59.7 Å². The number of aromatic nitrogens is 2. The largest absolute Gasteiger partial charge is 0.372 e. The number of hydrogen-bond donors (Lipinski definition) is 1. The lowest BCUT2D eigenvalue weighted by Crippen LogP contribution is -2.39. The van der Waals surface area contributed by atoms with E-state index in [-0.39, 0.29) is 18.0 Å². The van der Waals surface area contributed by atoms with Gasteiger partial charge in [0.2, 0.25) is 0 Å². The molecule has 5 heteroatoms. The maximum Gasteiger partial charge on any atom is 0.123 e. The quantitative estimate of drug-likeness (QED) is 0.881. The summed E-state index contributed by atoms with van der Waals surface area (Å²) in [5.41, 5.74) is 2.13. The van der Waals surface area contributed by atoms with E-state index in [1.54, 1.807) is 12.1 Å². The maximum absolute atomic E-state index is 12.9. The van der Waals surface area contributed by atoms with Crippen LogP contribution in [-0.4, -0.2) is 29.0 Å². The predicted octanol–water partition coefficient (Wildman–Crippen LogP) is 3.57. The van der Waals surface area contributed by atoms with Crippen LogP contribution in [0.4, 0.5) is 4.39 Å². The normalized spacial score (nSPS) is 21.4. The molecule has 3 rings (SSSR count). The van der Waals surface area contributed by atoms with Gasteiger partial charge in [0.05, 0.1) is 6.20 Å². The van der Waals surface area contributed by atoms with Gasteiger partial charge in [-0.3, -0.25) is 4.68 Å². The molecule has 0 bridgehead atoms. The van der Waals surface area contributed by atoms with E-state index in [4.69, 9.17) is 4.74 Å². The van der Waals surface area contributed by atoms with Gasteiger partial charge in [0.25, 0.3) is 0 Å². The van der Waals surface area contributed by atoms with Crippen molar-refractivity contribution in [3.8, 4) is 0 Å². The number of halogens is 1. The predicted molar refractivity (Wildman–Crippen MR) is 93.1 cm³/mol. The van der Waals surface area contributed by atoms with Gasteiger partial charge in [0, 0.05) is 37.5 Å². The summed E-state index contributed by atoms with van der Waals surface area (Å²) < 4.78 is 20.8. The van der Waals surface area contributed by atoms with Crippen LogP contribution in [0.3, 0.4) is 0 Å². The molecule has 1 aliphatic heterocycles. The topological polar surface area (TPSA) is 39.1 Å². The molecular weight excluding hydrogens is 305 g/mol. The Morgan fingerprint density at radius 1 is 1.38 bits per heavy atom. The highest BCUT2D eigenvalue weighted by atomic mass is 19.1. The maximum atomic E-state index is 12.9. The molecule has 24 heavy (non-hydrogen) atoms. The first-order valence-electron chi connectivity index (χ1n) is 8.55. The van der Waals surface area contributed by atoms with Gasteiger partial charge in [-0.15, -0.1) is 0 Å². The van der Waals surface area contributed by atoms with E-state index in [9.17, 15) is 4.39 Å². The molecule has 0 amide bonds. The fourth-order valence-electron chi connectivity index (χ4n) is 3.01. The van der Waals surface area contributed by atoms with Crippen molar-refractivity contribution in [2.75, 3.05) is 13.2 Å². The molecule has 1 N–H and O–H groups in total. The van der Waals surface area contributed by atoms with Crippen LogP contribution >= 0.6 is 0 Å². The Kier molecular flexibility index (Phi) is 5.77. The van der Waals surface area contributed by atoms with Crippen LogP contribution < -0.4 is 5.32 Å². The number of benzene rings is 1. The van der Waals surface area contributed by atoms with Crippen molar-refractivity contribution in [1.29, 1.82) is 0 Å². The molecule has 0 aliphatic carbocycles. The molecule has 1 fully saturated rings. The molecule has 2 heterocycles. The second kappa shape index (κ2) is 8.22. The van der Waals surface area contributed by atoms with Crippen LogP contribution in [0.25, 0.3) is 6.08 Å². The van der Waals surface area contributed by atoms with Gasteiger partial charge in [0.15, 0.2) is 0 Å². The lowest BCUT2D eigenvalue weighted by atomic mass is 9.98. The van der Waals surface area contributed by atoms with Gasteiger partial charge in [0.1, 0.15) is 11.9 Å². The second-order valence-corrected chi connectivity index (χ2v) is 6.03. The van der Waals surface area contributed by atoms with E-state index in [2.05, 4.69) is 29.6 Å². The first-order valence-corrected chi connectivity index (χ1v) is 8.55. The lowest BCUT2D eigenvalue weighted by Gasteiger charge is -2.31. The number of aryl methyl sites for hydroxylation is 1. The van der Waals surface area contributed by atoms with E-state index in [0.29, 0.717) is 0 Å². The Bertz CT molecular complexity index is 666. The zero-order valence-electron chi connectivity index (χ0n) is 14.0. The van der Waals surface area contributed by atoms with Gasteiger partial charge in [-0.25, -0.2) is 4.39 Å². The fourth-order valence-corrected chi connectivity index (χ4v) is 3.01. The summed E-state index contributed by atoms with van der Waals surface area (Å²) in [7, 11) is 0. The molecule has 1 aromatic heterocycles. The van der Waals surface area contributed by atoms with E-state index >= 15 is 0 Å². The third-order valence-corrected chi connectivity index (χ3v) is 4.31. The molecule has 2 atom stereocenters. The average Bonchev–Trinajstić information content (AvgIpc) is 3.09. The van der Waals surface area contributed by atoms with Gasteiger partial charge < -0.3 is 10.1 Å². The molecule has 0 spiro atoms. The summed E-state index contributed by atoms with van der Waals surface area (Å²) in [6.45, 7) is 4.50. The molecule has 2 aromatic rings. The Morgan fingerprint density at radius 3 is 2.96 bits per heavy atom. The molecule has 1 aliphatic rings. The Labute approximate surface area is 142 Å². The highest BCUT2D eigenvalue weighted by Gasteiger charge is 2.27. The number of ether oxygens (including phenoxy) is 1. The van der Waals surface area contributed by atoms with Gasteiger partial charge in [-0.05, 0) is 37.5 Å². The summed E-state index contributed by atoms with van der Waals surface area (Å²) in [6.07, 6.45) is 10.2.